The number of amides is 2. The Balaban J connectivity index is 2.65. The molecule has 96 valence electrons. The first kappa shape index (κ1) is 13.8. The van der Waals surface area contributed by atoms with Crippen molar-refractivity contribution in [3.05, 3.63) is 42.5 Å². The molecule has 0 saturated heterocycles. The number of rotatable bonds is 5. The van der Waals surface area contributed by atoms with Gasteiger partial charge in [-0.2, -0.15) is 8.78 Å². The Labute approximate surface area is 103 Å². The summed E-state index contributed by atoms with van der Waals surface area (Å²) in [5, 5.41) is 4.58. The highest BCUT2D eigenvalue weighted by Crippen LogP contribution is 2.10. The van der Waals surface area contributed by atoms with Crippen LogP contribution < -0.4 is 10.6 Å². The van der Waals surface area contributed by atoms with E-state index in [1.54, 1.807) is 0 Å². The number of halogens is 2. The van der Waals surface area contributed by atoms with Gasteiger partial charge in [0.1, 0.15) is 0 Å². The number of carbonyl (C=O) groups is 2. The SMILES string of the molecule is C=CCNC(=O)c1ccc(NC(=O)C(F)F)cc1. The van der Waals surface area contributed by atoms with Gasteiger partial charge in [-0.05, 0) is 24.3 Å². The molecule has 2 amide bonds. The first-order valence-corrected chi connectivity index (χ1v) is 5.12. The van der Waals surface area contributed by atoms with Gasteiger partial charge in [0.25, 0.3) is 11.8 Å². The van der Waals surface area contributed by atoms with Crippen LogP contribution in [0, 0.1) is 0 Å². The Morgan fingerprint density at radius 1 is 1.28 bits per heavy atom. The van der Waals surface area contributed by atoms with Crippen LogP contribution in [0.1, 0.15) is 10.4 Å². The standard InChI is InChI=1S/C12H12F2N2O2/c1-2-7-15-11(17)8-3-5-9(6-4-8)16-12(18)10(13)14/h2-6,10H,1,7H2,(H,15,17)(H,16,18). The molecule has 0 spiro atoms. The van der Waals surface area contributed by atoms with E-state index < -0.39 is 12.3 Å². The van der Waals surface area contributed by atoms with Crippen molar-refractivity contribution in [2.45, 2.75) is 6.43 Å². The van der Waals surface area contributed by atoms with Crippen LogP contribution in [-0.2, 0) is 4.79 Å². The van der Waals surface area contributed by atoms with Gasteiger partial charge in [-0.15, -0.1) is 6.58 Å². The fraction of sp³-hybridized carbons (Fsp3) is 0.167. The quantitative estimate of drug-likeness (QED) is 0.787. The first-order valence-electron chi connectivity index (χ1n) is 5.12. The largest absolute Gasteiger partial charge is 0.349 e. The van der Waals surface area contributed by atoms with Gasteiger partial charge in [0.15, 0.2) is 0 Å². The van der Waals surface area contributed by atoms with Crippen LogP contribution >= 0.6 is 0 Å². The van der Waals surface area contributed by atoms with Gasteiger partial charge in [-0.1, -0.05) is 6.08 Å². The van der Waals surface area contributed by atoms with Gasteiger partial charge in [-0.25, -0.2) is 0 Å². The summed E-state index contributed by atoms with van der Waals surface area (Å²) in [4.78, 5) is 22.2. The maximum atomic E-state index is 12.0. The summed E-state index contributed by atoms with van der Waals surface area (Å²) in [5.41, 5.74) is 0.576. The van der Waals surface area contributed by atoms with Crippen LogP contribution in [0.3, 0.4) is 0 Å². The lowest BCUT2D eigenvalue weighted by molar-refractivity contribution is -0.126. The molecule has 18 heavy (non-hydrogen) atoms. The van der Waals surface area contributed by atoms with Crippen LogP contribution in [-0.4, -0.2) is 24.8 Å². The molecule has 2 N–H and O–H groups in total. The van der Waals surface area contributed by atoms with Gasteiger partial charge in [0.05, 0.1) is 0 Å². The first-order chi connectivity index (χ1) is 8.54. The smallest absolute Gasteiger partial charge is 0.315 e. The molecule has 0 saturated carbocycles. The third-order valence-corrected chi connectivity index (χ3v) is 2.02. The molecule has 1 aromatic carbocycles. The number of nitrogens with one attached hydrogen (secondary N) is 2. The average Bonchev–Trinajstić information content (AvgIpc) is 2.36. The monoisotopic (exact) mass is 254 g/mol. The lowest BCUT2D eigenvalue weighted by Gasteiger charge is -2.06. The molecule has 1 aromatic rings. The Bertz CT molecular complexity index is 444. The molecular formula is C12H12F2N2O2. The van der Waals surface area contributed by atoms with Crippen molar-refractivity contribution in [1.29, 1.82) is 0 Å². The predicted molar refractivity (Wildman–Crippen MR) is 63.6 cm³/mol. The summed E-state index contributed by atoms with van der Waals surface area (Å²) in [6.45, 7) is 3.79. The highest BCUT2D eigenvalue weighted by Gasteiger charge is 2.15. The van der Waals surface area contributed by atoms with Gasteiger partial charge < -0.3 is 10.6 Å². The lowest BCUT2D eigenvalue weighted by atomic mass is 10.2. The van der Waals surface area contributed by atoms with Crippen LogP contribution in [0.2, 0.25) is 0 Å². The molecule has 0 aliphatic carbocycles. The third kappa shape index (κ3) is 3.97. The second-order valence-corrected chi connectivity index (χ2v) is 3.37. The summed E-state index contributed by atoms with van der Waals surface area (Å²) in [5.74, 6) is -1.68. The van der Waals surface area contributed by atoms with E-state index in [0.29, 0.717) is 12.1 Å². The number of hydrogen-bond donors (Lipinski definition) is 2. The minimum absolute atomic E-state index is 0.209. The van der Waals surface area contributed by atoms with Gasteiger partial charge in [-0.3, -0.25) is 9.59 Å². The van der Waals surface area contributed by atoms with Gasteiger partial charge >= 0.3 is 6.43 Å². The van der Waals surface area contributed by atoms with Crippen LogP contribution in [0.5, 0.6) is 0 Å². The number of benzene rings is 1. The zero-order valence-corrected chi connectivity index (χ0v) is 9.45. The molecule has 0 aliphatic rings. The Morgan fingerprint density at radius 2 is 1.89 bits per heavy atom. The number of hydrogen-bond acceptors (Lipinski definition) is 2. The molecule has 0 fully saturated rings. The van der Waals surface area contributed by atoms with Crippen molar-refractivity contribution < 1.29 is 18.4 Å². The molecule has 0 heterocycles. The van der Waals surface area contributed by atoms with E-state index >= 15 is 0 Å². The average molecular weight is 254 g/mol. The maximum absolute atomic E-state index is 12.0. The van der Waals surface area contributed by atoms with Crippen LogP contribution in [0.15, 0.2) is 36.9 Å². The molecule has 1 rings (SSSR count). The summed E-state index contributed by atoms with van der Waals surface area (Å²) >= 11 is 0. The zero-order valence-electron chi connectivity index (χ0n) is 9.45. The Morgan fingerprint density at radius 3 is 2.39 bits per heavy atom. The molecule has 0 radical (unpaired) electrons. The summed E-state index contributed by atoms with van der Waals surface area (Å²) in [7, 11) is 0. The number of alkyl halides is 2. The summed E-state index contributed by atoms with van der Waals surface area (Å²) < 4.78 is 24.0. The summed E-state index contributed by atoms with van der Waals surface area (Å²) in [6, 6.07) is 5.62. The number of anilines is 1. The van der Waals surface area contributed by atoms with Crippen molar-refractivity contribution in [3.63, 3.8) is 0 Å². The van der Waals surface area contributed by atoms with Gasteiger partial charge in [0.2, 0.25) is 0 Å². The van der Waals surface area contributed by atoms with E-state index in [2.05, 4.69) is 11.9 Å². The molecule has 0 bridgehead atoms. The fourth-order valence-corrected chi connectivity index (χ4v) is 1.17. The minimum Gasteiger partial charge on any atom is -0.349 e. The molecule has 0 aliphatic heterocycles. The number of carbonyl (C=O) groups excluding carboxylic acids is 2. The lowest BCUT2D eigenvalue weighted by Crippen LogP contribution is -2.23. The fourth-order valence-electron chi connectivity index (χ4n) is 1.17. The van der Waals surface area contributed by atoms with E-state index in [4.69, 9.17) is 0 Å². The highest BCUT2D eigenvalue weighted by atomic mass is 19.3. The minimum atomic E-state index is -3.07. The molecule has 0 atom stereocenters. The van der Waals surface area contributed by atoms with E-state index in [-0.39, 0.29) is 11.6 Å². The second kappa shape index (κ2) is 6.48. The van der Waals surface area contributed by atoms with E-state index in [0.717, 1.165) is 0 Å². The van der Waals surface area contributed by atoms with E-state index in [1.807, 2.05) is 5.32 Å². The molecule has 0 aromatic heterocycles. The zero-order chi connectivity index (χ0) is 13.5. The van der Waals surface area contributed by atoms with E-state index in [9.17, 15) is 18.4 Å². The molecule has 4 nitrogen and oxygen atoms in total. The topological polar surface area (TPSA) is 58.2 Å². The van der Waals surface area contributed by atoms with Crippen molar-refractivity contribution in [1.82, 2.24) is 5.32 Å². The maximum Gasteiger partial charge on any atom is 0.315 e. The van der Waals surface area contributed by atoms with E-state index in [1.165, 1.54) is 30.3 Å². The van der Waals surface area contributed by atoms with Crippen molar-refractivity contribution in [3.8, 4) is 0 Å². The Hall–Kier alpha value is -2.24. The Kier molecular flexibility index (Phi) is 4.98. The highest BCUT2D eigenvalue weighted by molar-refractivity contribution is 5.96. The van der Waals surface area contributed by atoms with Gasteiger partial charge in [0, 0.05) is 17.8 Å². The summed E-state index contributed by atoms with van der Waals surface area (Å²) in [6.07, 6.45) is -1.53. The van der Waals surface area contributed by atoms with Crippen LogP contribution in [0.4, 0.5) is 14.5 Å². The molecular weight excluding hydrogens is 242 g/mol. The van der Waals surface area contributed by atoms with Crippen molar-refractivity contribution in [2.75, 3.05) is 11.9 Å². The molecule has 0 unspecified atom stereocenters. The van der Waals surface area contributed by atoms with Crippen LogP contribution in [0.25, 0.3) is 0 Å². The molecule has 6 heteroatoms. The van der Waals surface area contributed by atoms with Crippen molar-refractivity contribution in [2.24, 2.45) is 0 Å². The predicted octanol–water partition coefficient (Wildman–Crippen LogP) is 1.81. The van der Waals surface area contributed by atoms with Crippen molar-refractivity contribution >= 4 is 17.5 Å². The third-order valence-electron chi connectivity index (χ3n) is 2.02. The normalized spacial score (nSPS) is 9.94. The second-order valence-electron chi connectivity index (χ2n) is 3.37.